The molecular formula is C29H50O2. The van der Waals surface area contributed by atoms with E-state index in [1.807, 2.05) is 6.92 Å². The zero-order valence-electron chi connectivity index (χ0n) is 21.3. The maximum Gasteiger partial charge on any atom is 0.0657 e. The predicted molar refractivity (Wildman–Crippen MR) is 130 cm³/mol. The van der Waals surface area contributed by atoms with E-state index in [4.69, 9.17) is 0 Å². The summed E-state index contributed by atoms with van der Waals surface area (Å²) in [6.07, 6.45) is 15.9. The SMILES string of the molecule is CC[C@]12CCC3C(CC=C4C[C@@](C)(O)CC[C@@]43C)C1CC[C@@H]2[C@H](C)CC[C@H](O)C(C)C. The predicted octanol–water partition coefficient (Wildman–Crippen LogP) is 7.14. The number of hydrogen-bond acceptors (Lipinski definition) is 2. The second kappa shape index (κ2) is 8.46. The smallest absolute Gasteiger partial charge is 0.0657 e. The van der Waals surface area contributed by atoms with Crippen LogP contribution in [0.2, 0.25) is 0 Å². The summed E-state index contributed by atoms with van der Waals surface area (Å²) in [5, 5.41) is 21.1. The first kappa shape index (κ1) is 23.8. The largest absolute Gasteiger partial charge is 0.393 e. The molecule has 31 heavy (non-hydrogen) atoms. The van der Waals surface area contributed by atoms with Gasteiger partial charge >= 0.3 is 0 Å². The molecule has 9 atom stereocenters. The fourth-order valence-corrected chi connectivity index (χ4v) is 9.18. The maximum absolute atomic E-state index is 10.7. The van der Waals surface area contributed by atoms with Crippen molar-refractivity contribution < 1.29 is 10.2 Å². The van der Waals surface area contributed by atoms with E-state index < -0.39 is 5.60 Å². The number of allylic oxidation sites excluding steroid dienone is 1. The average molecular weight is 431 g/mol. The molecular weight excluding hydrogens is 380 g/mol. The van der Waals surface area contributed by atoms with Gasteiger partial charge in [0.25, 0.3) is 0 Å². The molecule has 2 heteroatoms. The van der Waals surface area contributed by atoms with Crippen molar-refractivity contribution in [1.29, 1.82) is 0 Å². The van der Waals surface area contributed by atoms with Crippen LogP contribution >= 0.6 is 0 Å². The van der Waals surface area contributed by atoms with E-state index in [0.717, 1.165) is 48.9 Å². The Morgan fingerprint density at radius 2 is 1.74 bits per heavy atom. The van der Waals surface area contributed by atoms with Crippen LogP contribution in [0.4, 0.5) is 0 Å². The lowest BCUT2D eigenvalue weighted by Crippen LogP contribution is -2.52. The van der Waals surface area contributed by atoms with Crippen LogP contribution in [0, 0.1) is 46.3 Å². The molecule has 0 spiro atoms. The maximum atomic E-state index is 10.7. The quantitative estimate of drug-likeness (QED) is 0.440. The lowest BCUT2D eigenvalue weighted by atomic mass is 9.45. The highest BCUT2D eigenvalue weighted by atomic mass is 16.3. The van der Waals surface area contributed by atoms with Gasteiger partial charge in [0.1, 0.15) is 0 Å². The van der Waals surface area contributed by atoms with Gasteiger partial charge in [-0.15, -0.1) is 0 Å². The van der Waals surface area contributed by atoms with Crippen LogP contribution in [0.25, 0.3) is 0 Å². The van der Waals surface area contributed by atoms with Gasteiger partial charge in [-0.2, -0.15) is 0 Å². The highest BCUT2D eigenvalue weighted by Crippen LogP contribution is 2.68. The molecule has 4 aliphatic carbocycles. The second-order valence-corrected chi connectivity index (χ2v) is 13.1. The van der Waals surface area contributed by atoms with E-state index in [2.05, 4.69) is 40.7 Å². The summed E-state index contributed by atoms with van der Waals surface area (Å²) in [5.74, 6) is 4.50. The number of fused-ring (bicyclic) bond motifs is 5. The van der Waals surface area contributed by atoms with Gasteiger partial charge in [0.15, 0.2) is 0 Å². The molecule has 3 saturated carbocycles. The third kappa shape index (κ3) is 3.96. The van der Waals surface area contributed by atoms with E-state index in [1.165, 1.54) is 51.4 Å². The Labute approximate surface area is 192 Å². The molecule has 178 valence electrons. The lowest BCUT2D eigenvalue weighted by molar-refractivity contribution is -0.0794. The molecule has 4 aliphatic rings. The molecule has 2 N–H and O–H groups in total. The average Bonchev–Trinajstić information content (AvgIpc) is 3.12. The number of aliphatic hydroxyl groups excluding tert-OH is 1. The van der Waals surface area contributed by atoms with Gasteiger partial charge in [-0.3, -0.25) is 0 Å². The van der Waals surface area contributed by atoms with Crippen LogP contribution < -0.4 is 0 Å². The minimum absolute atomic E-state index is 0.140. The van der Waals surface area contributed by atoms with Crippen LogP contribution in [0.15, 0.2) is 11.6 Å². The number of aliphatic hydroxyl groups is 2. The first-order chi connectivity index (χ1) is 14.5. The molecule has 4 rings (SSSR count). The van der Waals surface area contributed by atoms with Crippen LogP contribution in [-0.4, -0.2) is 21.9 Å². The van der Waals surface area contributed by atoms with Crippen molar-refractivity contribution in [3.63, 3.8) is 0 Å². The van der Waals surface area contributed by atoms with Gasteiger partial charge in [-0.25, -0.2) is 0 Å². The van der Waals surface area contributed by atoms with Gasteiger partial charge in [0.2, 0.25) is 0 Å². The Kier molecular flexibility index (Phi) is 6.50. The Hall–Kier alpha value is -0.340. The van der Waals surface area contributed by atoms with Crippen molar-refractivity contribution >= 4 is 0 Å². The van der Waals surface area contributed by atoms with Crippen molar-refractivity contribution in [1.82, 2.24) is 0 Å². The Balaban J connectivity index is 1.53. The highest BCUT2D eigenvalue weighted by molar-refractivity contribution is 5.27. The topological polar surface area (TPSA) is 40.5 Å². The summed E-state index contributed by atoms with van der Waals surface area (Å²) in [5.41, 5.74) is 1.95. The van der Waals surface area contributed by atoms with Crippen molar-refractivity contribution in [3.05, 3.63) is 11.6 Å². The molecule has 0 radical (unpaired) electrons. The Morgan fingerprint density at radius 1 is 1.00 bits per heavy atom. The van der Waals surface area contributed by atoms with Crippen LogP contribution in [0.1, 0.15) is 112 Å². The van der Waals surface area contributed by atoms with Gasteiger partial charge < -0.3 is 10.2 Å². The Bertz CT molecular complexity index is 678. The zero-order chi connectivity index (χ0) is 22.6. The molecule has 0 aromatic carbocycles. The number of hydrogen-bond donors (Lipinski definition) is 2. The summed E-state index contributed by atoms with van der Waals surface area (Å²) in [7, 11) is 0. The first-order valence-corrected chi connectivity index (χ1v) is 13.6. The summed E-state index contributed by atoms with van der Waals surface area (Å²) in [6, 6.07) is 0. The summed E-state index contributed by atoms with van der Waals surface area (Å²) in [4.78, 5) is 0. The second-order valence-electron chi connectivity index (χ2n) is 13.1. The molecule has 3 fully saturated rings. The van der Waals surface area contributed by atoms with E-state index in [1.54, 1.807) is 5.57 Å². The molecule has 0 saturated heterocycles. The molecule has 0 amide bonds. The van der Waals surface area contributed by atoms with E-state index in [0.29, 0.717) is 16.7 Å². The van der Waals surface area contributed by atoms with Gasteiger partial charge in [-0.05, 0) is 124 Å². The van der Waals surface area contributed by atoms with Gasteiger partial charge in [0.05, 0.1) is 11.7 Å². The molecule has 2 nitrogen and oxygen atoms in total. The van der Waals surface area contributed by atoms with Gasteiger partial charge in [-0.1, -0.05) is 46.3 Å². The number of rotatable bonds is 6. The third-order valence-electron chi connectivity index (χ3n) is 11.2. The van der Waals surface area contributed by atoms with E-state index >= 15 is 0 Å². The molecule has 0 heterocycles. The summed E-state index contributed by atoms with van der Waals surface area (Å²) >= 11 is 0. The lowest BCUT2D eigenvalue weighted by Gasteiger charge is -2.60. The fourth-order valence-electron chi connectivity index (χ4n) is 9.18. The first-order valence-electron chi connectivity index (χ1n) is 13.6. The van der Waals surface area contributed by atoms with E-state index in [-0.39, 0.29) is 6.10 Å². The molecule has 0 aromatic heterocycles. The minimum atomic E-state index is -0.492. The zero-order valence-corrected chi connectivity index (χ0v) is 21.3. The molecule has 3 unspecified atom stereocenters. The van der Waals surface area contributed by atoms with Crippen molar-refractivity contribution in [2.45, 2.75) is 124 Å². The van der Waals surface area contributed by atoms with Gasteiger partial charge in [0, 0.05) is 0 Å². The minimum Gasteiger partial charge on any atom is -0.393 e. The molecule has 0 bridgehead atoms. The summed E-state index contributed by atoms with van der Waals surface area (Å²) in [6.45, 7) is 13.9. The van der Waals surface area contributed by atoms with Crippen molar-refractivity contribution in [2.24, 2.45) is 46.3 Å². The summed E-state index contributed by atoms with van der Waals surface area (Å²) < 4.78 is 0. The molecule has 0 aliphatic heterocycles. The highest BCUT2D eigenvalue weighted by Gasteiger charge is 2.60. The van der Waals surface area contributed by atoms with Crippen LogP contribution in [-0.2, 0) is 0 Å². The van der Waals surface area contributed by atoms with Crippen LogP contribution in [0.3, 0.4) is 0 Å². The van der Waals surface area contributed by atoms with Crippen molar-refractivity contribution in [2.75, 3.05) is 0 Å². The fraction of sp³-hybridized carbons (Fsp3) is 0.931. The Morgan fingerprint density at radius 3 is 2.42 bits per heavy atom. The normalized spacial score (nSPS) is 46.7. The van der Waals surface area contributed by atoms with Crippen LogP contribution in [0.5, 0.6) is 0 Å². The van der Waals surface area contributed by atoms with E-state index in [9.17, 15) is 10.2 Å². The third-order valence-corrected chi connectivity index (χ3v) is 11.2. The monoisotopic (exact) mass is 430 g/mol. The standard InChI is InChI=1S/C29H50O2/c1-7-29-15-14-24-22(10-9-21-18-27(5,31)16-17-28(21,24)6)25(29)12-11-23(29)20(4)8-13-26(30)19(2)3/h9,19-20,22-26,30-31H,7-8,10-18H2,1-6H3/t20-,22?,23-,24?,25?,26+,27+,28+,29-/m1/s1. The molecule has 0 aromatic rings. The van der Waals surface area contributed by atoms with Crippen molar-refractivity contribution in [3.8, 4) is 0 Å².